The second-order valence-corrected chi connectivity index (χ2v) is 7.97. The summed E-state index contributed by atoms with van der Waals surface area (Å²) >= 11 is 3.64. The Labute approximate surface area is 185 Å². The van der Waals surface area contributed by atoms with Crippen LogP contribution in [-0.4, -0.2) is 13.9 Å². The highest BCUT2D eigenvalue weighted by atomic mass is 79.9. The minimum atomic E-state index is 0.290. The molecular formula is C24H24BrNO4. The number of nitrogens with one attached hydrogen (secondary N) is 1. The molecule has 30 heavy (non-hydrogen) atoms. The number of benzene rings is 3. The lowest BCUT2D eigenvalue weighted by atomic mass is 10.1. The van der Waals surface area contributed by atoms with Gasteiger partial charge in [-0.15, -0.1) is 0 Å². The van der Waals surface area contributed by atoms with Gasteiger partial charge >= 0.3 is 0 Å². The van der Waals surface area contributed by atoms with Gasteiger partial charge in [-0.25, -0.2) is 0 Å². The molecule has 0 spiro atoms. The number of halogens is 1. The largest absolute Gasteiger partial charge is 0.493 e. The maximum absolute atomic E-state index is 6.08. The summed E-state index contributed by atoms with van der Waals surface area (Å²) in [6, 6.07) is 18.3. The molecule has 0 amide bonds. The van der Waals surface area contributed by atoms with Crippen LogP contribution in [0.5, 0.6) is 23.0 Å². The van der Waals surface area contributed by atoms with Crippen molar-refractivity contribution < 1.29 is 18.9 Å². The van der Waals surface area contributed by atoms with Gasteiger partial charge in [0.2, 0.25) is 6.79 Å². The molecule has 0 saturated carbocycles. The highest BCUT2D eigenvalue weighted by Gasteiger charge is 2.14. The Bertz CT molecular complexity index is 1040. The fourth-order valence-corrected chi connectivity index (χ4v) is 3.94. The summed E-state index contributed by atoms with van der Waals surface area (Å²) in [6.07, 6.45) is 0. The molecule has 3 aromatic rings. The fraction of sp³-hybridized carbons (Fsp3) is 0.250. The SMILES string of the molecule is COc1cc(CNCc2ccc3c(c2)OCO3)cc(Br)c1OCc1ccccc1C. The van der Waals surface area contributed by atoms with Crippen molar-refractivity contribution in [2.45, 2.75) is 26.6 Å². The van der Waals surface area contributed by atoms with Crippen molar-refractivity contribution in [1.29, 1.82) is 0 Å². The number of hydrogen-bond acceptors (Lipinski definition) is 5. The lowest BCUT2D eigenvalue weighted by molar-refractivity contribution is 0.174. The van der Waals surface area contributed by atoms with E-state index in [0.29, 0.717) is 24.7 Å². The van der Waals surface area contributed by atoms with Crippen LogP contribution in [0.2, 0.25) is 0 Å². The Balaban J connectivity index is 1.39. The number of ether oxygens (including phenoxy) is 4. The van der Waals surface area contributed by atoms with Crippen LogP contribution in [0.15, 0.2) is 59.1 Å². The Morgan fingerprint density at radius 3 is 2.60 bits per heavy atom. The first-order chi connectivity index (χ1) is 14.6. The molecule has 1 aliphatic heterocycles. The predicted molar refractivity (Wildman–Crippen MR) is 119 cm³/mol. The fourth-order valence-electron chi connectivity index (χ4n) is 3.34. The molecular weight excluding hydrogens is 446 g/mol. The van der Waals surface area contributed by atoms with Crippen molar-refractivity contribution >= 4 is 15.9 Å². The van der Waals surface area contributed by atoms with E-state index in [1.807, 2.05) is 36.4 Å². The zero-order valence-corrected chi connectivity index (χ0v) is 18.6. The second kappa shape index (κ2) is 9.41. The lowest BCUT2D eigenvalue weighted by Gasteiger charge is -2.15. The highest BCUT2D eigenvalue weighted by Crippen LogP contribution is 2.37. The molecule has 0 radical (unpaired) electrons. The van der Waals surface area contributed by atoms with E-state index < -0.39 is 0 Å². The van der Waals surface area contributed by atoms with E-state index in [2.05, 4.69) is 46.4 Å². The van der Waals surface area contributed by atoms with Crippen LogP contribution in [0.1, 0.15) is 22.3 Å². The minimum Gasteiger partial charge on any atom is -0.493 e. The van der Waals surface area contributed by atoms with Gasteiger partial charge in [-0.1, -0.05) is 30.3 Å². The van der Waals surface area contributed by atoms with E-state index in [-0.39, 0.29) is 6.79 Å². The first-order valence-corrected chi connectivity index (χ1v) is 10.6. The second-order valence-electron chi connectivity index (χ2n) is 7.12. The number of rotatable bonds is 8. The predicted octanol–water partition coefficient (Wildman–Crippen LogP) is 5.36. The topological polar surface area (TPSA) is 49.0 Å². The van der Waals surface area contributed by atoms with Gasteiger partial charge in [0, 0.05) is 13.1 Å². The van der Waals surface area contributed by atoms with Crippen LogP contribution in [0.3, 0.4) is 0 Å². The van der Waals surface area contributed by atoms with Crippen molar-refractivity contribution in [2.75, 3.05) is 13.9 Å². The average Bonchev–Trinajstić information content (AvgIpc) is 3.21. The van der Waals surface area contributed by atoms with Crippen LogP contribution in [-0.2, 0) is 19.7 Å². The molecule has 0 aromatic heterocycles. The van der Waals surface area contributed by atoms with Gasteiger partial charge in [0.1, 0.15) is 6.61 Å². The Morgan fingerprint density at radius 1 is 0.967 bits per heavy atom. The van der Waals surface area contributed by atoms with E-state index in [9.17, 15) is 0 Å². The molecule has 1 aliphatic rings. The summed E-state index contributed by atoms with van der Waals surface area (Å²) in [6.45, 7) is 4.28. The van der Waals surface area contributed by atoms with Gasteiger partial charge in [0.25, 0.3) is 0 Å². The quantitative estimate of drug-likeness (QED) is 0.480. The van der Waals surface area contributed by atoms with Crippen molar-refractivity contribution in [3.63, 3.8) is 0 Å². The summed E-state index contributed by atoms with van der Waals surface area (Å²) in [5.74, 6) is 3.01. The Morgan fingerprint density at radius 2 is 1.77 bits per heavy atom. The first kappa shape index (κ1) is 20.6. The molecule has 0 bridgehead atoms. The van der Waals surface area contributed by atoms with Gasteiger partial charge in [-0.2, -0.15) is 0 Å². The van der Waals surface area contributed by atoms with Gasteiger partial charge in [-0.05, 0) is 69.4 Å². The molecule has 0 aliphatic carbocycles. The maximum atomic E-state index is 6.08. The zero-order valence-electron chi connectivity index (χ0n) is 17.0. The van der Waals surface area contributed by atoms with E-state index >= 15 is 0 Å². The summed E-state index contributed by atoms with van der Waals surface area (Å²) in [4.78, 5) is 0. The number of fused-ring (bicyclic) bond motifs is 1. The van der Waals surface area contributed by atoms with Crippen molar-refractivity contribution in [2.24, 2.45) is 0 Å². The number of methoxy groups -OCH3 is 1. The van der Waals surface area contributed by atoms with Crippen molar-refractivity contribution in [3.8, 4) is 23.0 Å². The van der Waals surface area contributed by atoms with Crippen LogP contribution >= 0.6 is 15.9 Å². The molecule has 5 nitrogen and oxygen atoms in total. The van der Waals surface area contributed by atoms with Gasteiger partial charge in [-0.3, -0.25) is 0 Å². The summed E-state index contributed by atoms with van der Waals surface area (Å²) in [5, 5.41) is 3.46. The monoisotopic (exact) mass is 469 g/mol. The summed E-state index contributed by atoms with van der Waals surface area (Å²) < 4.78 is 23.3. The minimum absolute atomic E-state index is 0.290. The lowest BCUT2D eigenvalue weighted by Crippen LogP contribution is -2.13. The summed E-state index contributed by atoms with van der Waals surface area (Å²) in [7, 11) is 1.66. The molecule has 1 heterocycles. The molecule has 6 heteroatoms. The van der Waals surface area contributed by atoms with E-state index in [4.69, 9.17) is 18.9 Å². The molecule has 0 unspecified atom stereocenters. The van der Waals surface area contributed by atoms with Crippen molar-refractivity contribution in [3.05, 3.63) is 81.3 Å². The third-order valence-electron chi connectivity index (χ3n) is 5.02. The normalized spacial score (nSPS) is 12.1. The first-order valence-electron chi connectivity index (χ1n) is 9.77. The molecule has 0 saturated heterocycles. The van der Waals surface area contributed by atoms with Crippen molar-refractivity contribution in [1.82, 2.24) is 5.32 Å². The van der Waals surface area contributed by atoms with Crippen LogP contribution in [0.25, 0.3) is 0 Å². The third kappa shape index (κ3) is 4.71. The highest BCUT2D eigenvalue weighted by molar-refractivity contribution is 9.10. The molecule has 0 fully saturated rings. The van der Waals surface area contributed by atoms with Crippen LogP contribution in [0, 0.1) is 6.92 Å². The van der Waals surface area contributed by atoms with Crippen LogP contribution < -0.4 is 24.3 Å². The maximum Gasteiger partial charge on any atom is 0.231 e. The average molecular weight is 470 g/mol. The molecule has 156 valence electrons. The zero-order chi connectivity index (χ0) is 20.9. The van der Waals surface area contributed by atoms with Gasteiger partial charge in [0.15, 0.2) is 23.0 Å². The van der Waals surface area contributed by atoms with E-state index in [0.717, 1.165) is 39.2 Å². The molecule has 1 N–H and O–H groups in total. The Kier molecular flexibility index (Phi) is 6.45. The van der Waals surface area contributed by atoms with Crippen LogP contribution in [0.4, 0.5) is 0 Å². The number of aryl methyl sites for hydroxylation is 1. The van der Waals surface area contributed by atoms with E-state index in [1.165, 1.54) is 5.56 Å². The summed E-state index contributed by atoms with van der Waals surface area (Å²) in [5.41, 5.74) is 4.60. The molecule has 0 atom stereocenters. The molecule has 4 rings (SSSR count). The van der Waals surface area contributed by atoms with Gasteiger partial charge < -0.3 is 24.3 Å². The van der Waals surface area contributed by atoms with E-state index in [1.54, 1.807) is 7.11 Å². The smallest absolute Gasteiger partial charge is 0.231 e. The standard InChI is InChI=1S/C24H24BrNO4/c1-16-5-3-4-6-19(16)14-28-24-20(25)9-18(11-23(24)27-2)13-26-12-17-7-8-21-22(10-17)30-15-29-21/h3-11,26H,12-15H2,1-2H3. The Hall–Kier alpha value is -2.70. The van der Waals surface area contributed by atoms with Gasteiger partial charge in [0.05, 0.1) is 11.6 Å². The third-order valence-corrected chi connectivity index (χ3v) is 5.61. The number of hydrogen-bond donors (Lipinski definition) is 1. The molecule has 3 aromatic carbocycles.